The van der Waals surface area contributed by atoms with Gasteiger partial charge in [-0.25, -0.2) is 4.79 Å². The Balaban J connectivity index is 2.94. The number of carbonyl (C=O) groups is 2. The van der Waals surface area contributed by atoms with Crippen LogP contribution in [0.2, 0.25) is 0 Å². The molecule has 10 nitrogen and oxygen atoms in total. The molecule has 0 aromatic heterocycles. The lowest BCUT2D eigenvalue weighted by atomic mass is 10.1. The highest BCUT2D eigenvalue weighted by Crippen LogP contribution is 2.35. The average molecular weight is 370 g/mol. The largest absolute Gasteiger partial charge is 0.493 e. The van der Waals surface area contributed by atoms with Crippen LogP contribution >= 0.6 is 0 Å². The monoisotopic (exact) mass is 370 g/mol. The molecule has 26 heavy (non-hydrogen) atoms. The molecule has 0 heterocycles. The Kier molecular flexibility index (Phi) is 8.29. The van der Waals surface area contributed by atoms with Gasteiger partial charge in [-0.05, 0) is 13.8 Å². The summed E-state index contributed by atoms with van der Waals surface area (Å²) in [6, 6.07) is 1.96. The molecule has 0 saturated carbocycles. The molecule has 0 aliphatic heterocycles. The van der Waals surface area contributed by atoms with Crippen molar-refractivity contribution in [1.82, 2.24) is 5.32 Å². The molecular formula is C16H22N2O8. The Labute approximate surface area is 150 Å². The summed E-state index contributed by atoms with van der Waals surface area (Å²) in [4.78, 5) is 34.4. The zero-order valence-electron chi connectivity index (χ0n) is 15.1. The number of nitro benzene ring substituents is 1. The molecule has 0 aliphatic carbocycles. The zero-order chi connectivity index (χ0) is 19.7. The SMILES string of the molecule is CCOc1cc(C(=O)OCC(=O)NC(C)COC)c([N+](=O)[O-])cc1OC. The minimum absolute atomic E-state index is 0.112. The first kappa shape index (κ1) is 21.2. The van der Waals surface area contributed by atoms with Gasteiger partial charge in [-0.2, -0.15) is 0 Å². The Morgan fingerprint density at radius 2 is 1.96 bits per heavy atom. The van der Waals surface area contributed by atoms with Crippen molar-refractivity contribution in [3.63, 3.8) is 0 Å². The number of hydrogen-bond acceptors (Lipinski definition) is 8. The van der Waals surface area contributed by atoms with E-state index in [1.807, 2.05) is 0 Å². The predicted molar refractivity (Wildman–Crippen MR) is 90.6 cm³/mol. The fraction of sp³-hybridized carbons (Fsp3) is 0.500. The number of nitrogens with zero attached hydrogens (tertiary/aromatic N) is 1. The summed E-state index contributed by atoms with van der Waals surface area (Å²) in [6.07, 6.45) is 0. The topological polar surface area (TPSA) is 126 Å². The molecule has 0 bridgehead atoms. The van der Waals surface area contributed by atoms with E-state index in [2.05, 4.69) is 5.32 Å². The number of nitro groups is 1. The first-order valence-electron chi connectivity index (χ1n) is 7.78. The highest BCUT2D eigenvalue weighted by atomic mass is 16.6. The molecule has 1 N–H and O–H groups in total. The van der Waals surface area contributed by atoms with Crippen LogP contribution in [0.4, 0.5) is 5.69 Å². The summed E-state index contributed by atoms with van der Waals surface area (Å²) in [5, 5.41) is 13.8. The number of ether oxygens (including phenoxy) is 4. The molecule has 0 saturated heterocycles. The van der Waals surface area contributed by atoms with E-state index in [4.69, 9.17) is 18.9 Å². The predicted octanol–water partition coefficient (Wildman–Crippen LogP) is 1.31. The number of carbonyl (C=O) groups excluding carboxylic acids is 2. The maximum atomic E-state index is 12.2. The van der Waals surface area contributed by atoms with Gasteiger partial charge in [0.1, 0.15) is 5.56 Å². The van der Waals surface area contributed by atoms with Gasteiger partial charge in [0.15, 0.2) is 18.1 Å². The van der Waals surface area contributed by atoms with Crippen LogP contribution in [0.25, 0.3) is 0 Å². The quantitative estimate of drug-likeness (QED) is 0.371. The van der Waals surface area contributed by atoms with Gasteiger partial charge < -0.3 is 24.3 Å². The van der Waals surface area contributed by atoms with E-state index in [0.717, 1.165) is 12.1 Å². The van der Waals surface area contributed by atoms with E-state index in [0.29, 0.717) is 6.61 Å². The molecule has 1 amide bonds. The lowest BCUT2D eigenvalue weighted by Crippen LogP contribution is -2.38. The van der Waals surface area contributed by atoms with Crippen molar-refractivity contribution in [2.75, 3.05) is 34.0 Å². The molecule has 0 spiro atoms. The summed E-state index contributed by atoms with van der Waals surface area (Å²) in [6.45, 7) is 3.40. The molecule has 1 atom stereocenters. The maximum Gasteiger partial charge on any atom is 0.345 e. The van der Waals surface area contributed by atoms with Gasteiger partial charge in [0, 0.05) is 19.2 Å². The van der Waals surface area contributed by atoms with Crippen molar-refractivity contribution in [2.45, 2.75) is 19.9 Å². The van der Waals surface area contributed by atoms with E-state index in [1.165, 1.54) is 14.2 Å². The van der Waals surface area contributed by atoms with Crippen LogP contribution in [0.15, 0.2) is 12.1 Å². The molecule has 1 unspecified atom stereocenters. The lowest BCUT2D eigenvalue weighted by Gasteiger charge is -2.13. The van der Waals surface area contributed by atoms with Crippen molar-refractivity contribution in [1.29, 1.82) is 0 Å². The highest BCUT2D eigenvalue weighted by Gasteiger charge is 2.26. The normalized spacial score (nSPS) is 11.4. The summed E-state index contributed by atoms with van der Waals surface area (Å²) in [7, 11) is 2.81. The highest BCUT2D eigenvalue weighted by molar-refractivity contribution is 5.96. The molecule has 0 fully saturated rings. The maximum absolute atomic E-state index is 12.2. The van der Waals surface area contributed by atoms with Crippen molar-refractivity contribution in [3.05, 3.63) is 27.8 Å². The van der Waals surface area contributed by atoms with Crippen LogP contribution < -0.4 is 14.8 Å². The van der Waals surface area contributed by atoms with E-state index in [-0.39, 0.29) is 29.7 Å². The molecule has 144 valence electrons. The fourth-order valence-electron chi connectivity index (χ4n) is 2.11. The Hall–Kier alpha value is -2.88. The third-order valence-electron chi connectivity index (χ3n) is 3.16. The minimum atomic E-state index is -1.02. The van der Waals surface area contributed by atoms with Crippen LogP contribution in [0, 0.1) is 10.1 Å². The molecule has 1 aromatic rings. The van der Waals surface area contributed by atoms with Gasteiger partial charge in [-0.1, -0.05) is 0 Å². The molecular weight excluding hydrogens is 348 g/mol. The number of rotatable bonds is 10. The second kappa shape index (κ2) is 10.2. The van der Waals surface area contributed by atoms with Crippen LogP contribution in [-0.2, 0) is 14.3 Å². The fourth-order valence-corrected chi connectivity index (χ4v) is 2.11. The number of esters is 1. The van der Waals surface area contributed by atoms with Crippen molar-refractivity contribution < 1.29 is 33.5 Å². The molecule has 0 aliphatic rings. The molecule has 10 heteroatoms. The Bertz CT molecular complexity index is 662. The van der Waals surface area contributed by atoms with Gasteiger partial charge in [0.2, 0.25) is 0 Å². The third-order valence-corrected chi connectivity index (χ3v) is 3.16. The first-order chi connectivity index (χ1) is 12.3. The minimum Gasteiger partial charge on any atom is -0.493 e. The summed E-state index contributed by atoms with van der Waals surface area (Å²) in [5.74, 6) is -1.30. The van der Waals surface area contributed by atoms with Gasteiger partial charge in [0.25, 0.3) is 11.6 Å². The van der Waals surface area contributed by atoms with Crippen LogP contribution in [0.3, 0.4) is 0 Å². The standard InChI is InChI=1S/C16H22N2O8/c1-5-25-14-6-11(12(18(21)22)7-13(14)24-4)16(20)26-9-15(19)17-10(2)8-23-3/h6-7,10H,5,8-9H2,1-4H3,(H,17,19). The number of benzene rings is 1. The number of amides is 1. The number of methoxy groups -OCH3 is 2. The van der Waals surface area contributed by atoms with Gasteiger partial charge in [-0.15, -0.1) is 0 Å². The number of hydrogen-bond donors (Lipinski definition) is 1. The Morgan fingerprint density at radius 1 is 1.27 bits per heavy atom. The van der Waals surface area contributed by atoms with Crippen molar-refractivity contribution >= 4 is 17.6 Å². The van der Waals surface area contributed by atoms with Crippen LogP contribution in [-0.4, -0.2) is 56.9 Å². The smallest absolute Gasteiger partial charge is 0.345 e. The second-order valence-electron chi connectivity index (χ2n) is 5.21. The van der Waals surface area contributed by atoms with E-state index >= 15 is 0 Å². The van der Waals surface area contributed by atoms with Crippen LogP contribution in [0.1, 0.15) is 24.2 Å². The number of nitrogens with one attached hydrogen (secondary N) is 1. The molecule has 0 radical (unpaired) electrons. The van der Waals surface area contributed by atoms with E-state index in [1.54, 1.807) is 13.8 Å². The second-order valence-corrected chi connectivity index (χ2v) is 5.21. The molecule has 1 aromatic carbocycles. The molecule has 1 rings (SSSR count). The van der Waals surface area contributed by atoms with Crippen molar-refractivity contribution in [2.24, 2.45) is 0 Å². The van der Waals surface area contributed by atoms with Crippen LogP contribution in [0.5, 0.6) is 11.5 Å². The summed E-state index contributed by atoms with van der Waals surface area (Å²) < 4.78 is 20.1. The van der Waals surface area contributed by atoms with Crippen molar-refractivity contribution in [3.8, 4) is 11.5 Å². The third kappa shape index (κ3) is 5.88. The summed E-state index contributed by atoms with van der Waals surface area (Å²) >= 11 is 0. The lowest BCUT2D eigenvalue weighted by molar-refractivity contribution is -0.385. The van der Waals surface area contributed by atoms with Gasteiger partial charge >= 0.3 is 5.97 Å². The summed E-state index contributed by atoms with van der Waals surface area (Å²) in [5.41, 5.74) is -0.847. The Morgan fingerprint density at radius 3 is 2.50 bits per heavy atom. The van der Waals surface area contributed by atoms with Gasteiger partial charge in [0.05, 0.1) is 31.3 Å². The first-order valence-corrected chi connectivity index (χ1v) is 7.78. The zero-order valence-corrected chi connectivity index (χ0v) is 15.1. The average Bonchev–Trinajstić information content (AvgIpc) is 2.59. The van der Waals surface area contributed by atoms with E-state index in [9.17, 15) is 19.7 Å². The van der Waals surface area contributed by atoms with E-state index < -0.39 is 29.1 Å². The van der Waals surface area contributed by atoms with Gasteiger partial charge in [-0.3, -0.25) is 14.9 Å².